The van der Waals surface area contributed by atoms with Gasteiger partial charge < -0.3 is 9.64 Å². The van der Waals surface area contributed by atoms with Crippen LogP contribution in [-0.4, -0.2) is 39.1 Å². The minimum atomic E-state index is -0.0298. The molecule has 0 radical (unpaired) electrons. The maximum atomic E-state index is 13.3. The molecule has 1 fully saturated rings. The molecule has 6 nitrogen and oxygen atoms in total. The highest BCUT2D eigenvalue weighted by Crippen LogP contribution is 2.37. The van der Waals surface area contributed by atoms with Crippen LogP contribution in [0.4, 0.5) is 0 Å². The van der Waals surface area contributed by atoms with Crippen molar-refractivity contribution in [2.24, 2.45) is 0 Å². The average molecular weight is 362 g/mol. The number of H-pyrrole nitrogens is 1. The number of nitrogens with zero attached hydrogens (tertiary/aromatic N) is 3. The van der Waals surface area contributed by atoms with Crippen molar-refractivity contribution < 1.29 is 9.53 Å². The standard InChI is InChI=1S/C21H22N4O2/c1-2-27-19-8-4-3-6-16(19)21(26)25-13-5-7-18(25)20-17(14-23-24-20)15-9-11-22-12-10-15/h3-4,6,8-12,14,18H,2,5,7,13H2,1H3,(H,23,24)/t18-/m1/s1. The molecule has 3 heterocycles. The lowest BCUT2D eigenvalue weighted by atomic mass is 10.0. The van der Waals surface area contributed by atoms with E-state index in [9.17, 15) is 4.79 Å². The number of rotatable bonds is 5. The average Bonchev–Trinajstić information content (AvgIpc) is 3.38. The lowest BCUT2D eigenvalue weighted by Crippen LogP contribution is -2.31. The molecule has 1 amide bonds. The first-order chi connectivity index (χ1) is 13.3. The normalized spacial score (nSPS) is 16.5. The molecule has 0 saturated carbocycles. The number of benzene rings is 1. The van der Waals surface area contributed by atoms with E-state index >= 15 is 0 Å². The Kier molecular flexibility index (Phi) is 4.87. The Morgan fingerprint density at radius 3 is 2.89 bits per heavy atom. The fraction of sp³-hybridized carbons (Fsp3) is 0.286. The van der Waals surface area contributed by atoms with Crippen LogP contribution in [0.25, 0.3) is 11.1 Å². The molecule has 1 aliphatic heterocycles. The first-order valence-corrected chi connectivity index (χ1v) is 9.26. The zero-order valence-electron chi connectivity index (χ0n) is 15.3. The molecule has 2 aromatic heterocycles. The molecule has 27 heavy (non-hydrogen) atoms. The van der Waals surface area contributed by atoms with Crippen molar-refractivity contribution in [2.75, 3.05) is 13.2 Å². The topological polar surface area (TPSA) is 71.1 Å². The maximum absolute atomic E-state index is 13.3. The number of aromatic nitrogens is 3. The highest BCUT2D eigenvalue weighted by Gasteiger charge is 2.34. The zero-order chi connectivity index (χ0) is 18.6. The number of likely N-dealkylation sites (tertiary alicyclic amines) is 1. The van der Waals surface area contributed by atoms with Gasteiger partial charge in [0, 0.05) is 24.5 Å². The molecule has 0 aliphatic carbocycles. The Morgan fingerprint density at radius 2 is 2.07 bits per heavy atom. The Bertz CT molecular complexity index is 923. The fourth-order valence-electron chi connectivity index (χ4n) is 3.70. The number of carbonyl (C=O) groups excluding carboxylic acids is 1. The molecule has 1 aliphatic rings. The highest BCUT2D eigenvalue weighted by atomic mass is 16.5. The summed E-state index contributed by atoms with van der Waals surface area (Å²) in [5.74, 6) is 0.631. The van der Waals surface area contributed by atoms with Crippen LogP contribution in [0.1, 0.15) is 41.9 Å². The van der Waals surface area contributed by atoms with Crippen molar-refractivity contribution in [1.82, 2.24) is 20.1 Å². The Morgan fingerprint density at radius 1 is 1.26 bits per heavy atom. The molecule has 0 spiro atoms. The smallest absolute Gasteiger partial charge is 0.258 e. The zero-order valence-corrected chi connectivity index (χ0v) is 15.3. The van der Waals surface area contributed by atoms with Crippen LogP contribution in [0.5, 0.6) is 5.75 Å². The molecular weight excluding hydrogens is 340 g/mol. The number of aromatic amines is 1. The minimum Gasteiger partial charge on any atom is -0.493 e. The number of amides is 1. The first-order valence-electron chi connectivity index (χ1n) is 9.26. The summed E-state index contributed by atoms with van der Waals surface area (Å²) in [6.07, 6.45) is 7.22. The lowest BCUT2D eigenvalue weighted by Gasteiger charge is -2.25. The summed E-state index contributed by atoms with van der Waals surface area (Å²) in [6.45, 7) is 3.17. The summed E-state index contributed by atoms with van der Waals surface area (Å²) >= 11 is 0. The number of pyridine rings is 1. The first kappa shape index (κ1) is 17.3. The number of nitrogens with one attached hydrogen (secondary N) is 1. The maximum Gasteiger partial charge on any atom is 0.258 e. The van der Waals surface area contributed by atoms with Gasteiger partial charge in [0.05, 0.1) is 30.1 Å². The van der Waals surface area contributed by atoms with E-state index in [1.165, 1.54) is 0 Å². The summed E-state index contributed by atoms with van der Waals surface area (Å²) < 4.78 is 5.66. The summed E-state index contributed by atoms with van der Waals surface area (Å²) in [7, 11) is 0. The SMILES string of the molecule is CCOc1ccccc1C(=O)N1CCC[C@@H]1c1[nH]ncc1-c1ccncc1. The summed E-state index contributed by atoms with van der Waals surface area (Å²) in [5, 5.41) is 7.38. The van der Waals surface area contributed by atoms with E-state index in [1.807, 2.05) is 54.4 Å². The monoisotopic (exact) mass is 362 g/mol. The Hall–Kier alpha value is -3.15. The van der Waals surface area contributed by atoms with Crippen LogP contribution in [0, 0.1) is 0 Å². The number of carbonyl (C=O) groups is 1. The largest absolute Gasteiger partial charge is 0.493 e. The van der Waals surface area contributed by atoms with Gasteiger partial charge in [0.1, 0.15) is 5.75 Å². The summed E-state index contributed by atoms with van der Waals surface area (Å²) in [5.41, 5.74) is 3.64. The van der Waals surface area contributed by atoms with Gasteiger partial charge in [0.25, 0.3) is 5.91 Å². The van der Waals surface area contributed by atoms with Gasteiger partial charge in [-0.2, -0.15) is 5.10 Å². The summed E-state index contributed by atoms with van der Waals surface area (Å²) in [6, 6.07) is 11.3. The third-order valence-electron chi connectivity index (χ3n) is 4.92. The van der Waals surface area contributed by atoms with Crippen molar-refractivity contribution in [3.63, 3.8) is 0 Å². The molecule has 4 rings (SSSR count). The Labute approximate surface area is 158 Å². The van der Waals surface area contributed by atoms with Crippen molar-refractivity contribution in [1.29, 1.82) is 0 Å². The predicted molar refractivity (Wildman–Crippen MR) is 102 cm³/mol. The van der Waals surface area contributed by atoms with E-state index in [1.54, 1.807) is 12.4 Å². The van der Waals surface area contributed by atoms with Crippen molar-refractivity contribution >= 4 is 5.91 Å². The minimum absolute atomic E-state index is 0.00294. The fourth-order valence-corrected chi connectivity index (χ4v) is 3.70. The van der Waals surface area contributed by atoms with Gasteiger partial charge in [-0.3, -0.25) is 14.9 Å². The predicted octanol–water partition coefficient (Wildman–Crippen LogP) is 3.85. The second-order valence-corrected chi connectivity index (χ2v) is 6.52. The van der Waals surface area contributed by atoms with Gasteiger partial charge in [-0.05, 0) is 49.6 Å². The molecule has 6 heteroatoms. The van der Waals surface area contributed by atoms with E-state index in [-0.39, 0.29) is 11.9 Å². The molecule has 0 unspecified atom stereocenters. The highest BCUT2D eigenvalue weighted by molar-refractivity contribution is 5.97. The van der Waals surface area contributed by atoms with Gasteiger partial charge in [-0.1, -0.05) is 12.1 Å². The van der Waals surface area contributed by atoms with Crippen LogP contribution in [0.3, 0.4) is 0 Å². The molecule has 1 saturated heterocycles. The second kappa shape index (κ2) is 7.61. The Balaban J connectivity index is 1.67. The molecule has 0 bridgehead atoms. The van der Waals surface area contributed by atoms with E-state index in [2.05, 4.69) is 15.2 Å². The van der Waals surface area contributed by atoms with Crippen LogP contribution < -0.4 is 4.74 Å². The molecule has 1 aromatic carbocycles. The quantitative estimate of drug-likeness (QED) is 0.748. The van der Waals surface area contributed by atoms with E-state index in [4.69, 9.17) is 4.74 Å². The third kappa shape index (κ3) is 3.30. The van der Waals surface area contributed by atoms with Crippen molar-refractivity contribution in [3.05, 3.63) is 66.2 Å². The van der Waals surface area contributed by atoms with Crippen LogP contribution in [-0.2, 0) is 0 Å². The van der Waals surface area contributed by atoms with E-state index in [0.29, 0.717) is 17.9 Å². The van der Waals surface area contributed by atoms with Gasteiger partial charge in [0.2, 0.25) is 0 Å². The van der Waals surface area contributed by atoms with Crippen LogP contribution >= 0.6 is 0 Å². The number of para-hydroxylation sites is 1. The van der Waals surface area contributed by atoms with Gasteiger partial charge >= 0.3 is 0 Å². The van der Waals surface area contributed by atoms with Gasteiger partial charge in [-0.25, -0.2) is 0 Å². The van der Waals surface area contributed by atoms with Gasteiger partial charge in [-0.15, -0.1) is 0 Å². The van der Waals surface area contributed by atoms with E-state index < -0.39 is 0 Å². The molecule has 138 valence electrons. The van der Waals surface area contributed by atoms with Gasteiger partial charge in [0.15, 0.2) is 0 Å². The van der Waals surface area contributed by atoms with Crippen molar-refractivity contribution in [2.45, 2.75) is 25.8 Å². The summed E-state index contributed by atoms with van der Waals surface area (Å²) in [4.78, 5) is 19.3. The molecule has 3 aromatic rings. The molecular formula is C21H22N4O2. The number of hydrogen-bond donors (Lipinski definition) is 1. The molecule has 1 atom stereocenters. The molecule has 1 N–H and O–H groups in total. The second-order valence-electron chi connectivity index (χ2n) is 6.52. The number of hydrogen-bond acceptors (Lipinski definition) is 4. The van der Waals surface area contributed by atoms with E-state index in [0.717, 1.165) is 36.2 Å². The van der Waals surface area contributed by atoms with Crippen LogP contribution in [0.2, 0.25) is 0 Å². The van der Waals surface area contributed by atoms with Crippen molar-refractivity contribution in [3.8, 4) is 16.9 Å². The number of ether oxygens (including phenoxy) is 1. The lowest BCUT2D eigenvalue weighted by molar-refractivity contribution is 0.0729. The third-order valence-corrected chi connectivity index (χ3v) is 4.92. The van der Waals surface area contributed by atoms with Crippen LogP contribution in [0.15, 0.2) is 55.0 Å².